The van der Waals surface area contributed by atoms with Crippen LogP contribution in [0.2, 0.25) is 0 Å². The maximum atomic E-state index is 11.2. The van der Waals surface area contributed by atoms with E-state index in [9.17, 15) is 4.79 Å². The Morgan fingerprint density at radius 3 is 1.38 bits per heavy atom. The molecule has 30 nitrogen and oxygen atoms in total. The Labute approximate surface area is 468 Å². The van der Waals surface area contributed by atoms with Crippen LogP contribution in [0.25, 0.3) is 0 Å². The molecule has 0 atom stereocenters. The van der Waals surface area contributed by atoms with Crippen LogP contribution in [0.1, 0.15) is 105 Å². The average Bonchev–Trinajstić information content (AvgIpc) is 3.43. The van der Waals surface area contributed by atoms with Gasteiger partial charge in [0.15, 0.2) is 5.16 Å². The third-order valence-electron chi connectivity index (χ3n) is 11.0. The number of hydrogen-bond acceptors (Lipinski definition) is 31. The molecule has 32 heteroatoms. The van der Waals surface area contributed by atoms with Crippen LogP contribution in [-0.4, -0.2) is 171 Å². The van der Waals surface area contributed by atoms with Crippen molar-refractivity contribution in [2.45, 2.75) is 115 Å². The molecule has 0 aliphatic rings. The largest absolute Gasteiger partial charge is 0.481 e. The van der Waals surface area contributed by atoms with E-state index in [1.807, 2.05) is 0 Å². The third-order valence-corrected chi connectivity index (χ3v) is 11.9. The van der Waals surface area contributed by atoms with Gasteiger partial charge in [0.2, 0.25) is 47.6 Å². The lowest BCUT2D eigenvalue weighted by atomic mass is 10.2. The van der Waals surface area contributed by atoms with Gasteiger partial charge in [0, 0.05) is 109 Å². The molecule has 426 valence electrons. The molecule has 6 aromatic rings. The summed E-state index contributed by atoms with van der Waals surface area (Å²) in [7, 11) is 0. The Bertz CT molecular complexity index is 2760. The van der Waals surface area contributed by atoms with Crippen LogP contribution in [0.5, 0.6) is 0 Å². The molecule has 0 aliphatic heterocycles. The molecule has 0 aliphatic carbocycles. The van der Waals surface area contributed by atoms with E-state index in [1.165, 1.54) is 6.33 Å². The van der Waals surface area contributed by atoms with Gasteiger partial charge >= 0.3 is 5.97 Å². The average molecular weight is 1130 g/mol. The third kappa shape index (κ3) is 23.6. The molecule has 14 N–H and O–H groups in total. The van der Waals surface area contributed by atoms with E-state index < -0.39 is 5.97 Å². The van der Waals surface area contributed by atoms with Gasteiger partial charge in [-0.15, -0.1) is 0 Å². The van der Waals surface area contributed by atoms with Crippen LogP contribution < -0.4 is 54.4 Å². The molecule has 0 amide bonds. The van der Waals surface area contributed by atoms with Crippen molar-refractivity contribution >= 4 is 77.9 Å². The maximum absolute atomic E-state index is 11.2. The van der Waals surface area contributed by atoms with Gasteiger partial charge in [-0.25, -0.2) is 24.9 Å². The number of aliphatic carboxylic acids is 1. The number of aryl methyl sites for hydroxylation is 8. The number of nitrogen functional groups attached to an aromatic ring is 1. The molecule has 6 rings (SSSR count). The van der Waals surface area contributed by atoms with Gasteiger partial charge < -0.3 is 59.5 Å². The minimum Gasteiger partial charge on any atom is -0.481 e. The maximum Gasteiger partial charge on any atom is 0.303 e. The van der Waals surface area contributed by atoms with Crippen LogP contribution in [-0.2, 0) is 49.7 Å². The number of carbonyl (C=O) groups is 1. The smallest absolute Gasteiger partial charge is 0.303 e. The van der Waals surface area contributed by atoms with Crippen molar-refractivity contribution in [3.8, 4) is 0 Å². The fourth-order valence-electron chi connectivity index (χ4n) is 7.38. The highest BCUT2D eigenvalue weighted by molar-refractivity contribution is 7.99. The standard InChI is InChI=1S/C47H74N28O2S2/c1-3-79-47-72-37(12-5-19-48)71-46(75-47)55-25-10-17-35-67-42(73-44(69-35)56-26-20-49)54-24-9-16-36-68-43(74-45(70-36)57-27-28-78)53-22-6-13-31-58-29-59-40(64-31)51-21-8-15-34-62-33(11-4-18-38(76)77)65-41(66-34)52-23-7-14-32-60-30(2)61-39(50)63-32/h29,78H,3-28,48-49H2,1-2H3,(H,76,77)(H2,50,60,61,63)(H,51,58,59,64)(H,52,62,65,66)(H,55,71,72,75)(H2,53,57,68,70,74)(H2,54,56,67,69,73). The van der Waals surface area contributed by atoms with Crippen molar-refractivity contribution in [2.24, 2.45) is 11.5 Å². The summed E-state index contributed by atoms with van der Waals surface area (Å²) in [6, 6.07) is 0. The van der Waals surface area contributed by atoms with E-state index in [-0.39, 0.29) is 12.4 Å². The van der Waals surface area contributed by atoms with Crippen molar-refractivity contribution in [2.75, 3.05) is 113 Å². The van der Waals surface area contributed by atoms with E-state index in [2.05, 4.69) is 137 Å². The van der Waals surface area contributed by atoms with Crippen LogP contribution >= 0.6 is 24.4 Å². The number of hydrogen-bond donors (Lipinski definition) is 12. The van der Waals surface area contributed by atoms with Crippen molar-refractivity contribution in [3.05, 3.63) is 52.9 Å². The molecular weight excluding hydrogens is 1050 g/mol. The Morgan fingerprint density at radius 1 is 0.468 bits per heavy atom. The van der Waals surface area contributed by atoms with Gasteiger partial charge in [-0.3, -0.25) is 4.79 Å². The monoisotopic (exact) mass is 1130 g/mol. The summed E-state index contributed by atoms with van der Waals surface area (Å²) in [6.45, 7) is 8.79. The summed E-state index contributed by atoms with van der Waals surface area (Å²) in [5.41, 5.74) is 17.3. The molecule has 0 saturated heterocycles. The Hall–Kier alpha value is -7.45. The number of aromatic nitrogens is 18. The molecule has 0 radical (unpaired) electrons. The number of nitrogens with one attached hydrogen (secondary N) is 7. The van der Waals surface area contributed by atoms with Gasteiger partial charge in [-0.05, 0) is 64.2 Å². The number of carboxylic acid groups (broad SMARTS) is 1. The number of nitrogens with zero attached hydrogens (tertiary/aromatic N) is 18. The fraction of sp³-hybridized carbons (Fsp3) is 0.596. The second kappa shape index (κ2) is 34.4. The lowest BCUT2D eigenvalue weighted by molar-refractivity contribution is -0.137. The first-order chi connectivity index (χ1) is 38.6. The minimum atomic E-state index is -0.867. The molecule has 0 bridgehead atoms. The predicted molar refractivity (Wildman–Crippen MR) is 306 cm³/mol. The van der Waals surface area contributed by atoms with E-state index in [1.54, 1.807) is 18.7 Å². The molecule has 6 heterocycles. The fourth-order valence-corrected chi connectivity index (χ4v) is 8.07. The summed E-state index contributed by atoms with van der Waals surface area (Å²) >= 11 is 5.92. The zero-order valence-corrected chi connectivity index (χ0v) is 46.7. The lowest BCUT2D eigenvalue weighted by Crippen LogP contribution is -2.18. The van der Waals surface area contributed by atoms with Crippen molar-refractivity contribution < 1.29 is 9.90 Å². The highest BCUT2D eigenvalue weighted by atomic mass is 32.2. The minimum absolute atomic E-state index is 0.0233. The van der Waals surface area contributed by atoms with E-state index in [0.717, 1.165) is 24.4 Å². The lowest BCUT2D eigenvalue weighted by Gasteiger charge is -2.11. The van der Waals surface area contributed by atoms with Gasteiger partial charge in [0.05, 0.1) is 0 Å². The van der Waals surface area contributed by atoms with Crippen LogP contribution in [0, 0.1) is 6.92 Å². The Morgan fingerprint density at radius 2 is 0.886 bits per heavy atom. The number of thioether (sulfide) groups is 1. The second-order valence-corrected chi connectivity index (χ2v) is 19.3. The van der Waals surface area contributed by atoms with Crippen LogP contribution in [0.4, 0.5) is 47.6 Å². The Kier molecular flexibility index (Phi) is 26.5. The number of thiol groups is 1. The number of rotatable bonds is 40. The van der Waals surface area contributed by atoms with Crippen molar-refractivity contribution in [1.82, 2.24) is 89.7 Å². The quantitative estimate of drug-likeness (QED) is 0.0149. The van der Waals surface area contributed by atoms with Gasteiger partial charge in [0.1, 0.15) is 52.9 Å². The summed E-state index contributed by atoms with van der Waals surface area (Å²) in [5, 5.41) is 32.8. The van der Waals surface area contributed by atoms with Gasteiger partial charge in [-0.2, -0.15) is 77.4 Å². The van der Waals surface area contributed by atoms with Crippen molar-refractivity contribution in [1.29, 1.82) is 0 Å². The first-order valence-corrected chi connectivity index (χ1v) is 28.3. The molecule has 6 aromatic heterocycles. The molecule has 0 spiro atoms. The summed E-state index contributed by atoms with van der Waals surface area (Å²) in [4.78, 5) is 92.5. The first kappa shape index (κ1) is 60.8. The Balaban J connectivity index is 0.943. The first-order valence-electron chi connectivity index (χ1n) is 26.7. The molecule has 0 unspecified atom stereocenters. The molecular formula is C47H74N28O2S2. The normalized spacial score (nSPS) is 11.1. The number of nitrogens with two attached hydrogens (primary N) is 3. The zero-order chi connectivity index (χ0) is 55.9. The highest BCUT2D eigenvalue weighted by Crippen LogP contribution is 2.16. The van der Waals surface area contributed by atoms with Crippen LogP contribution in [0.3, 0.4) is 0 Å². The predicted octanol–water partition coefficient (Wildman–Crippen LogP) is 2.03. The van der Waals surface area contributed by atoms with Crippen LogP contribution in [0.15, 0.2) is 11.5 Å². The molecule has 0 fully saturated rings. The molecule has 0 saturated carbocycles. The summed E-state index contributed by atoms with van der Waals surface area (Å²) in [6.07, 6.45) is 10.2. The highest BCUT2D eigenvalue weighted by Gasteiger charge is 2.13. The van der Waals surface area contributed by atoms with E-state index in [4.69, 9.17) is 32.3 Å². The molecule has 0 aromatic carbocycles. The van der Waals surface area contributed by atoms with Gasteiger partial charge in [0.25, 0.3) is 0 Å². The SMILES string of the molecule is CCSc1nc(CCCN)nc(NCCCc2nc(NCCN)nc(NCCCc3nc(NCCS)nc(NCCCc4ncnc(NCCCc5nc(CCCC(=O)O)nc(NCCCc6nc(C)nc(N)n6)n5)n4)n3)n2)n1. The zero-order valence-electron chi connectivity index (χ0n) is 45.0. The summed E-state index contributed by atoms with van der Waals surface area (Å²) in [5.74, 6) is 9.04. The second-order valence-electron chi connectivity index (χ2n) is 17.6. The summed E-state index contributed by atoms with van der Waals surface area (Å²) < 4.78 is 0. The van der Waals surface area contributed by atoms with E-state index >= 15 is 0 Å². The number of anilines is 8. The van der Waals surface area contributed by atoms with Gasteiger partial charge in [-0.1, -0.05) is 18.7 Å². The molecule has 79 heavy (non-hydrogen) atoms. The topological polar surface area (TPSA) is 432 Å². The van der Waals surface area contributed by atoms with E-state index in [0.29, 0.717) is 229 Å². The van der Waals surface area contributed by atoms with Crippen molar-refractivity contribution in [3.63, 3.8) is 0 Å². The number of carboxylic acids is 1.